The number of rotatable bonds is 2. The molecule has 1 aromatic rings. The summed E-state index contributed by atoms with van der Waals surface area (Å²) in [6.07, 6.45) is 4.55. The van der Waals surface area contributed by atoms with Crippen LogP contribution in [0.5, 0.6) is 0 Å². The zero-order valence-electron chi connectivity index (χ0n) is 10.7. The highest BCUT2D eigenvalue weighted by molar-refractivity contribution is 5.15. The molecule has 1 unspecified atom stereocenters. The van der Waals surface area contributed by atoms with Crippen LogP contribution in [-0.4, -0.2) is 40.6 Å². The molecule has 0 radical (unpaired) electrons. The molecule has 0 aliphatic carbocycles. The van der Waals surface area contributed by atoms with Gasteiger partial charge in [-0.2, -0.15) is 0 Å². The van der Waals surface area contributed by atoms with Crippen LogP contribution < -0.4 is 5.32 Å². The Morgan fingerprint density at radius 3 is 3.00 bits per heavy atom. The number of aromatic nitrogens is 2. The standard InChI is InChI=1S/C13H22N4/c1-11-2-5-17-10-15-12(13(17)8-11)9-16-6-3-14-4-7-16/h10-11,14H,2-9H2,1H3. The molecule has 3 rings (SSSR count). The van der Waals surface area contributed by atoms with Crippen molar-refractivity contribution in [2.75, 3.05) is 26.2 Å². The summed E-state index contributed by atoms with van der Waals surface area (Å²) < 4.78 is 2.36. The van der Waals surface area contributed by atoms with Gasteiger partial charge in [-0.25, -0.2) is 4.98 Å². The smallest absolute Gasteiger partial charge is 0.0952 e. The van der Waals surface area contributed by atoms with Gasteiger partial charge in [-0.05, 0) is 18.8 Å². The van der Waals surface area contributed by atoms with Crippen molar-refractivity contribution in [1.82, 2.24) is 19.8 Å². The maximum Gasteiger partial charge on any atom is 0.0952 e. The summed E-state index contributed by atoms with van der Waals surface area (Å²) in [4.78, 5) is 7.14. The molecule has 0 spiro atoms. The van der Waals surface area contributed by atoms with Crippen LogP contribution in [0.1, 0.15) is 24.7 Å². The molecule has 1 fully saturated rings. The molecule has 1 N–H and O–H groups in total. The molecular weight excluding hydrogens is 212 g/mol. The molecule has 2 aliphatic heterocycles. The van der Waals surface area contributed by atoms with Crippen molar-refractivity contribution < 1.29 is 0 Å². The van der Waals surface area contributed by atoms with E-state index >= 15 is 0 Å². The normalized spacial score (nSPS) is 25.8. The van der Waals surface area contributed by atoms with E-state index in [1.165, 1.54) is 24.2 Å². The van der Waals surface area contributed by atoms with E-state index in [4.69, 9.17) is 0 Å². The molecular formula is C13H22N4. The highest BCUT2D eigenvalue weighted by atomic mass is 15.2. The van der Waals surface area contributed by atoms with Crippen LogP contribution in [0, 0.1) is 5.92 Å². The molecule has 0 aromatic carbocycles. The van der Waals surface area contributed by atoms with E-state index < -0.39 is 0 Å². The average Bonchev–Trinajstić information content (AvgIpc) is 2.73. The zero-order valence-corrected chi connectivity index (χ0v) is 10.7. The lowest BCUT2D eigenvalue weighted by Crippen LogP contribution is -2.43. The predicted octanol–water partition coefficient (Wildman–Crippen LogP) is 0.871. The van der Waals surface area contributed by atoms with E-state index in [-0.39, 0.29) is 0 Å². The Labute approximate surface area is 103 Å². The molecule has 94 valence electrons. The van der Waals surface area contributed by atoms with Crippen LogP contribution in [0.4, 0.5) is 0 Å². The van der Waals surface area contributed by atoms with Gasteiger partial charge in [0.1, 0.15) is 0 Å². The van der Waals surface area contributed by atoms with E-state index in [0.717, 1.165) is 45.2 Å². The second-order valence-electron chi connectivity index (χ2n) is 5.46. The number of hydrogen-bond acceptors (Lipinski definition) is 3. The van der Waals surface area contributed by atoms with E-state index in [1.54, 1.807) is 0 Å². The molecule has 0 saturated carbocycles. The summed E-state index contributed by atoms with van der Waals surface area (Å²) in [5.74, 6) is 0.820. The van der Waals surface area contributed by atoms with Crippen LogP contribution in [0.25, 0.3) is 0 Å². The lowest BCUT2D eigenvalue weighted by Gasteiger charge is -2.27. The Morgan fingerprint density at radius 2 is 2.18 bits per heavy atom. The summed E-state index contributed by atoms with van der Waals surface area (Å²) in [7, 11) is 0. The third-order valence-electron chi connectivity index (χ3n) is 4.02. The SMILES string of the molecule is CC1CCn2cnc(CN3CCNCC3)c2C1. The maximum absolute atomic E-state index is 4.63. The minimum atomic E-state index is 0.820. The van der Waals surface area contributed by atoms with Gasteiger partial charge in [-0.1, -0.05) is 6.92 Å². The van der Waals surface area contributed by atoms with Crippen molar-refractivity contribution in [3.05, 3.63) is 17.7 Å². The molecule has 3 heterocycles. The average molecular weight is 234 g/mol. The summed E-state index contributed by atoms with van der Waals surface area (Å²) >= 11 is 0. The van der Waals surface area contributed by atoms with Gasteiger partial charge >= 0.3 is 0 Å². The van der Waals surface area contributed by atoms with E-state index in [9.17, 15) is 0 Å². The highest BCUT2D eigenvalue weighted by Gasteiger charge is 2.21. The van der Waals surface area contributed by atoms with Gasteiger partial charge < -0.3 is 9.88 Å². The molecule has 4 heteroatoms. The first-order chi connectivity index (χ1) is 8.33. The van der Waals surface area contributed by atoms with E-state index in [0.29, 0.717) is 0 Å². The summed E-state index contributed by atoms with van der Waals surface area (Å²) in [5.41, 5.74) is 2.81. The van der Waals surface area contributed by atoms with Crippen LogP contribution in [0.3, 0.4) is 0 Å². The number of fused-ring (bicyclic) bond motifs is 1. The molecule has 1 atom stereocenters. The highest BCUT2D eigenvalue weighted by Crippen LogP contribution is 2.23. The van der Waals surface area contributed by atoms with Gasteiger partial charge in [0.05, 0.1) is 12.0 Å². The Bertz CT molecular complexity index is 379. The van der Waals surface area contributed by atoms with Gasteiger partial charge in [0, 0.05) is 45.0 Å². The lowest BCUT2D eigenvalue weighted by molar-refractivity contribution is 0.229. The summed E-state index contributed by atoms with van der Waals surface area (Å²) in [5, 5.41) is 3.40. The van der Waals surface area contributed by atoms with Crippen molar-refractivity contribution in [2.24, 2.45) is 5.92 Å². The van der Waals surface area contributed by atoms with Gasteiger partial charge in [-0.3, -0.25) is 4.90 Å². The van der Waals surface area contributed by atoms with Crippen LogP contribution in [0.2, 0.25) is 0 Å². The second-order valence-corrected chi connectivity index (χ2v) is 5.46. The summed E-state index contributed by atoms with van der Waals surface area (Å²) in [6.45, 7) is 9.09. The monoisotopic (exact) mass is 234 g/mol. The Hall–Kier alpha value is -0.870. The molecule has 1 saturated heterocycles. The molecule has 0 bridgehead atoms. The van der Waals surface area contributed by atoms with Crippen molar-refractivity contribution in [1.29, 1.82) is 0 Å². The van der Waals surface area contributed by atoms with E-state index in [2.05, 4.69) is 26.7 Å². The number of imidazole rings is 1. The molecule has 0 amide bonds. The molecule has 17 heavy (non-hydrogen) atoms. The molecule has 1 aromatic heterocycles. The van der Waals surface area contributed by atoms with Crippen molar-refractivity contribution in [3.8, 4) is 0 Å². The fourth-order valence-corrected chi connectivity index (χ4v) is 2.88. The first-order valence-corrected chi connectivity index (χ1v) is 6.79. The maximum atomic E-state index is 4.63. The van der Waals surface area contributed by atoms with Gasteiger partial charge in [0.25, 0.3) is 0 Å². The topological polar surface area (TPSA) is 33.1 Å². The third-order valence-corrected chi connectivity index (χ3v) is 4.02. The fraction of sp³-hybridized carbons (Fsp3) is 0.769. The van der Waals surface area contributed by atoms with Crippen LogP contribution in [-0.2, 0) is 19.5 Å². The van der Waals surface area contributed by atoms with Gasteiger partial charge in [0.2, 0.25) is 0 Å². The number of nitrogens with one attached hydrogen (secondary N) is 1. The number of aryl methyl sites for hydroxylation is 1. The largest absolute Gasteiger partial charge is 0.334 e. The Morgan fingerprint density at radius 1 is 1.35 bits per heavy atom. The number of piperazine rings is 1. The Kier molecular flexibility index (Phi) is 3.16. The fourth-order valence-electron chi connectivity index (χ4n) is 2.88. The predicted molar refractivity (Wildman–Crippen MR) is 67.9 cm³/mol. The van der Waals surface area contributed by atoms with Crippen LogP contribution >= 0.6 is 0 Å². The quantitative estimate of drug-likeness (QED) is 0.824. The van der Waals surface area contributed by atoms with Crippen molar-refractivity contribution >= 4 is 0 Å². The minimum absolute atomic E-state index is 0.820. The number of hydrogen-bond donors (Lipinski definition) is 1. The van der Waals surface area contributed by atoms with Crippen LogP contribution in [0.15, 0.2) is 6.33 Å². The molecule has 4 nitrogen and oxygen atoms in total. The molecule has 2 aliphatic rings. The van der Waals surface area contributed by atoms with E-state index in [1.807, 2.05) is 6.33 Å². The minimum Gasteiger partial charge on any atom is -0.334 e. The van der Waals surface area contributed by atoms with Gasteiger partial charge in [-0.15, -0.1) is 0 Å². The third kappa shape index (κ3) is 2.38. The first kappa shape index (κ1) is 11.2. The lowest BCUT2D eigenvalue weighted by atomic mass is 9.97. The number of nitrogens with zero attached hydrogens (tertiary/aromatic N) is 3. The Balaban J connectivity index is 1.72. The first-order valence-electron chi connectivity index (χ1n) is 6.79. The summed E-state index contributed by atoms with van der Waals surface area (Å²) in [6, 6.07) is 0. The van der Waals surface area contributed by atoms with Gasteiger partial charge in [0.15, 0.2) is 0 Å². The zero-order chi connectivity index (χ0) is 11.7. The van der Waals surface area contributed by atoms with Crippen molar-refractivity contribution in [2.45, 2.75) is 32.9 Å². The second kappa shape index (κ2) is 4.78. The van der Waals surface area contributed by atoms with Crippen molar-refractivity contribution in [3.63, 3.8) is 0 Å².